The van der Waals surface area contributed by atoms with E-state index in [1.807, 2.05) is 30.3 Å². The highest BCUT2D eigenvalue weighted by Gasteiger charge is 2.47. The van der Waals surface area contributed by atoms with Gasteiger partial charge in [0, 0.05) is 19.1 Å². The number of ether oxygens (including phenoxy) is 6. The molecule has 7 heteroatoms. The summed E-state index contributed by atoms with van der Waals surface area (Å²) in [4.78, 5) is 13.0. The molecule has 1 aromatic rings. The van der Waals surface area contributed by atoms with Crippen molar-refractivity contribution >= 4 is 5.97 Å². The van der Waals surface area contributed by atoms with E-state index in [0.717, 1.165) is 88.6 Å². The first kappa shape index (κ1) is 33.3. The van der Waals surface area contributed by atoms with Crippen LogP contribution in [0.2, 0.25) is 0 Å². The Morgan fingerprint density at radius 3 is 2.50 bits per heavy atom. The molecule has 0 radical (unpaired) electrons. The summed E-state index contributed by atoms with van der Waals surface area (Å²) >= 11 is 0. The number of hydrogen-bond acceptors (Lipinski definition) is 7. The van der Waals surface area contributed by atoms with Crippen LogP contribution in [0.25, 0.3) is 0 Å². The zero-order chi connectivity index (χ0) is 30.6. The lowest BCUT2D eigenvalue weighted by molar-refractivity contribution is -0.193. The van der Waals surface area contributed by atoms with Crippen molar-refractivity contribution in [3.8, 4) is 0 Å². The lowest BCUT2D eigenvalue weighted by atomic mass is 9.87. The lowest BCUT2D eigenvalue weighted by Gasteiger charge is -2.30. The maximum absolute atomic E-state index is 13.0. The highest BCUT2D eigenvalue weighted by molar-refractivity contribution is 5.76. The molecule has 1 aromatic carbocycles. The van der Waals surface area contributed by atoms with E-state index in [4.69, 9.17) is 28.4 Å². The van der Waals surface area contributed by atoms with Crippen molar-refractivity contribution in [2.75, 3.05) is 26.9 Å². The van der Waals surface area contributed by atoms with E-state index in [9.17, 15) is 4.79 Å². The number of rotatable bonds is 16. The molecular weight excluding hydrogens is 556 g/mol. The predicted octanol–water partition coefficient (Wildman–Crippen LogP) is 7.53. The number of carbonyl (C=O) groups excluding carboxylic acids is 1. The summed E-state index contributed by atoms with van der Waals surface area (Å²) in [5, 5.41) is 0. The largest absolute Gasteiger partial charge is 0.468 e. The van der Waals surface area contributed by atoms with E-state index in [1.54, 1.807) is 0 Å². The third-order valence-electron chi connectivity index (χ3n) is 9.78. The number of allylic oxidation sites excluding steroid dienone is 1. The van der Waals surface area contributed by atoms with Crippen molar-refractivity contribution < 1.29 is 33.2 Å². The molecule has 2 aliphatic heterocycles. The molecule has 0 bridgehead atoms. The molecule has 0 amide bonds. The van der Waals surface area contributed by atoms with E-state index < -0.39 is 5.92 Å². The van der Waals surface area contributed by atoms with E-state index in [2.05, 4.69) is 25.2 Å². The summed E-state index contributed by atoms with van der Waals surface area (Å²) in [7, 11) is 1.47. The second-order valence-corrected chi connectivity index (χ2v) is 13.0. The fraction of sp³-hybridized carbons (Fsp3) is 0.703. The molecule has 0 aromatic heterocycles. The topological polar surface area (TPSA) is 72.5 Å². The minimum atomic E-state index is -0.395. The van der Waals surface area contributed by atoms with Crippen LogP contribution >= 0.6 is 0 Å². The molecule has 5 rings (SSSR count). The molecule has 0 N–H and O–H groups in total. The molecule has 44 heavy (non-hydrogen) atoms. The number of fused-ring (bicyclic) bond motifs is 1. The summed E-state index contributed by atoms with van der Waals surface area (Å²) in [6, 6.07) is 10.1. The van der Waals surface area contributed by atoms with Crippen molar-refractivity contribution in [2.45, 2.75) is 115 Å². The number of esters is 1. The Kier molecular flexibility index (Phi) is 13.3. The van der Waals surface area contributed by atoms with E-state index >= 15 is 0 Å². The molecule has 8 atom stereocenters. The lowest BCUT2D eigenvalue weighted by Crippen LogP contribution is -2.31. The molecule has 2 aliphatic carbocycles. The third-order valence-corrected chi connectivity index (χ3v) is 9.78. The maximum atomic E-state index is 13.0. The molecule has 3 unspecified atom stereocenters. The second-order valence-electron chi connectivity index (χ2n) is 13.0. The Morgan fingerprint density at radius 1 is 1.02 bits per heavy atom. The van der Waals surface area contributed by atoms with Gasteiger partial charge in [0.05, 0.1) is 32.5 Å². The van der Waals surface area contributed by atoms with Gasteiger partial charge in [-0.3, -0.25) is 4.79 Å². The van der Waals surface area contributed by atoms with Crippen LogP contribution in [-0.4, -0.2) is 57.7 Å². The summed E-state index contributed by atoms with van der Waals surface area (Å²) in [5.74, 6) is 0.298. The Hall–Kier alpha value is -2.03. The van der Waals surface area contributed by atoms with Crippen LogP contribution in [-0.2, 0) is 39.8 Å². The van der Waals surface area contributed by atoms with Gasteiger partial charge in [-0.15, -0.1) is 0 Å². The van der Waals surface area contributed by atoms with Gasteiger partial charge in [-0.05, 0) is 75.2 Å². The highest BCUT2D eigenvalue weighted by Crippen LogP contribution is 2.50. The number of methoxy groups -OCH3 is 1. The Balaban J connectivity index is 1.29. The van der Waals surface area contributed by atoms with Crippen molar-refractivity contribution in [3.63, 3.8) is 0 Å². The van der Waals surface area contributed by atoms with Gasteiger partial charge in [-0.25, -0.2) is 0 Å². The maximum Gasteiger partial charge on any atom is 0.315 e. The van der Waals surface area contributed by atoms with Crippen molar-refractivity contribution in [2.24, 2.45) is 23.7 Å². The van der Waals surface area contributed by atoms with Crippen LogP contribution in [0.5, 0.6) is 0 Å². The molecule has 1 saturated carbocycles. The number of unbranched alkanes of at least 4 members (excludes halogenated alkanes) is 2. The smallest absolute Gasteiger partial charge is 0.315 e. The van der Waals surface area contributed by atoms with Crippen LogP contribution < -0.4 is 0 Å². The minimum Gasteiger partial charge on any atom is -0.468 e. The SMILES string of the molecule is CCCCC[C@@H](/C=C/[C@@H]1[C@H]2CC(C(COCc3ccccc3)C(=O)OC)=C[C@H]2C[C@H]1OC1CCCCO1)OC1CCCCO1. The van der Waals surface area contributed by atoms with Gasteiger partial charge in [-0.2, -0.15) is 0 Å². The zero-order valence-electron chi connectivity index (χ0n) is 26.9. The Bertz CT molecular complexity index is 1040. The monoisotopic (exact) mass is 610 g/mol. The molecule has 0 spiro atoms. The summed E-state index contributed by atoms with van der Waals surface area (Å²) in [6.45, 7) is 4.58. The molecule has 2 heterocycles. The van der Waals surface area contributed by atoms with Crippen LogP contribution in [0, 0.1) is 23.7 Å². The fourth-order valence-electron chi connectivity index (χ4n) is 7.35. The van der Waals surface area contributed by atoms with E-state index in [0.29, 0.717) is 25.0 Å². The van der Waals surface area contributed by atoms with E-state index in [-0.39, 0.29) is 36.7 Å². The summed E-state index contributed by atoms with van der Waals surface area (Å²) < 4.78 is 36.5. The zero-order valence-corrected chi connectivity index (χ0v) is 26.9. The van der Waals surface area contributed by atoms with E-state index in [1.165, 1.54) is 20.0 Å². The Morgan fingerprint density at radius 2 is 1.80 bits per heavy atom. The normalized spacial score (nSPS) is 30.2. The van der Waals surface area contributed by atoms with Gasteiger partial charge in [0.25, 0.3) is 0 Å². The van der Waals surface area contributed by atoms with Crippen LogP contribution in [0.3, 0.4) is 0 Å². The van der Waals surface area contributed by atoms with Crippen molar-refractivity contribution in [1.29, 1.82) is 0 Å². The van der Waals surface area contributed by atoms with Gasteiger partial charge in [0.1, 0.15) is 5.92 Å². The first-order valence-electron chi connectivity index (χ1n) is 17.3. The fourth-order valence-corrected chi connectivity index (χ4v) is 7.35. The predicted molar refractivity (Wildman–Crippen MR) is 170 cm³/mol. The van der Waals surface area contributed by atoms with Crippen LogP contribution in [0.15, 0.2) is 54.1 Å². The molecular formula is C37H54O7. The number of carbonyl (C=O) groups is 1. The quantitative estimate of drug-likeness (QED) is 0.109. The van der Waals surface area contributed by atoms with Crippen LogP contribution in [0.1, 0.15) is 89.5 Å². The van der Waals surface area contributed by atoms with Crippen molar-refractivity contribution in [1.82, 2.24) is 0 Å². The summed E-state index contributed by atoms with van der Waals surface area (Å²) in [6.07, 6.45) is 19.6. The van der Waals surface area contributed by atoms with Gasteiger partial charge >= 0.3 is 5.97 Å². The Labute approximate surface area is 264 Å². The number of benzene rings is 1. The first-order valence-corrected chi connectivity index (χ1v) is 17.3. The summed E-state index contributed by atoms with van der Waals surface area (Å²) in [5.41, 5.74) is 2.23. The minimum absolute atomic E-state index is 0.0262. The number of hydrogen-bond donors (Lipinski definition) is 0. The van der Waals surface area contributed by atoms with Gasteiger partial charge < -0.3 is 28.4 Å². The third kappa shape index (κ3) is 9.49. The van der Waals surface area contributed by atoms with Crippen molar-refractivity contribution in [3.05, 3.63) is 59.7 Å². The van der Waals surface area contributed by atoms with Gasteiger partial charge in [0.2, 0.25) is 0 Å². The standard InChI is InChI=1S/C37H54O7/c1-3-4-6-15-30(43-35-16-9-11-20-41-35)18-19-31-32-23-28(22-29(32)24-34(31)44-36-17-10-12-21-42-36)33(37(38)39-2)26-40-25-27-13-7-5-8-14-27/h5,7-8,13-14,18-19,22,29-36H,3-4,6,9-12,15-17,20-21,23-26H2,1-2H3/b19-18+/t29-,30-,31+,32-,33?,34+,35?,36?/m0/s1. The second kappa shape index (κ2) is 17.6. The molecule has 3 fully saturated rings. The molecule has 7 nitrogen and oxygen atoms in total. The molecule has 2 saturated heterocycles. The van der Waals surface area contributed by atoms with Gasteiger partial charge in [0.15, 0.2) is 12.6 Å². The molecule has 4 aliphatic rings. The average molecular weight is 611 g/mol. The first-order chi connectivity index (χ1) is 21.6. The average Bonchev–Trinajstić information content (AvgIpc) is 3.60. The molecule has 244 valence electrons. The van der Waals surface area contributed by atoms with Crippen LogP contribution in [0.4, 0.5) is 0 Å². The highest BCUT2D eigenvalue weighted by atomic mass is 16.7. The van der Waals surface area contributed by atoms with Gasteiger partial charge in [-0.1, -0.05) is 80.3 Å².